The third-order valence-electron chi connectivity index (χ3n) is 4.03. The Morgan fingerprint density at radius 2 is 1.93 bits per heavy atom. The van der Waals surface area contributed by atoms with E-state index in [0.717, 1.165) is 21.3 Å². The first-order chi connectivity index (χ1) is 14.0. The van der Waals surface area contributed by atoms with Gasteiger partial charge in [-0.05, 0) is 35.9 Å². The molecule has 0 radical (unpaired) electrons. The number of nitrogens with zero attached hydrogens (tertiary/aromatic N) is 2. The highest BCUT2D eigenvalue weighted by Gasteiger charge is 2.15. The molecule has 0 unspecified atom stereocenters. The monoisotopic (exact) mass is 463 g/mol. The molecule has 2 heterocycles. The van der Waals surface area contributed by atoms with Crippen molar-refractivity contribution in [1.29, 1.82) is 0 Å². The van der Waals surface area contributed by atoms with Crippen LogP contribution in [0, 0.1) is 5.82 Å². The SMILES string of the molecule is O=C(CSc1ncnc2scc(-c3ccc(Cl)cc3)c12)Nc1ccc(F)c(Cl)c1. The van der Waals surface area contributed by atoms with Crippen molar-refractivity contribution in [3.05, 3.63) is 70.0 Å². The van der Waals surface area contributed by atoms with E-state index in [9.17, 15) is 9.18 Å². The van der Waals surface area contributed by atoms with Crippen LogP contribution < -0.4 is 5.32 Å². The fraction of sp³-hybridized carbons (Fsp3) is 0.0500. The normalized spacial score (nSPS) is 11.0. The van der Waals surface area contributed by atoms with Gasteiger partial charge < -0.3 is 5.32 Å². The maximum Gasteiger partial charge on any atom is 0.234 e. The average molecular weight is 464 g/mol. The van der Waals surface area contributed by atoms with Crippen LogP contribution in [-0.2, 0) is 4.79 Å². The van der Waals surface area contributed by atoms with Gasteiger partial charge in [0.2, 0.25) is 5.91 Å². The van der Waals surface area contributed by atoms with Gasteiger partial charge in [-0.25, -0.2) is 14.4 Å². The number of carbonyl (C=O) groups is 1. The number of halogens is 3. The van der Waals surface area contributed by atoms with Crippen LogP contribution >= 0.6 is 46.3 Å². The molecule has 0 saturated carbocycles. The van der Waals surface area contributed by atoms with E-state index in [1.165, 1.54) is 47.6 Å². The van der Waals surface area contributed by atoms with E-state index in [1.807, 2.05) is 29.6 Å². The fourth-order valence-electron chi connectivity index (χ4n) is 2.70. The second-order valence-corrected chi connectivity index (χ2v) is 8.65. The van der Waals surface area contributed by atoms with Crippen molar-refractivity contribution < 1.29 is 9.18 Å². The smallest absolute Gasteiger partial charge is 0.234 e. The molecule has 0 aliphatic heterocycles. The van der Waals surface area contributed by atoms with E-state index in [-0.39, 0.29) is 16.7 Å². The number of nitrogens with one attached hydrogen (secondary N) is 1. The summed E-state index contributed by atoms with van der Waals surface area (Å²) < 4.78 is 13.3. The van der Waals surface area contributed by atoms with E-state index in [1.54, 1.807) is 0 Å². The van der Waals surface area contributed by atoms with Crippen LogP contribution in [0.15, 0.2) is 59.2 Å². The van der Waals surface area contributed by atoms with Crippen molar-refractivity contribution in [3.8, 4) is 11.1 Å². The van der Waals surface area contributed by atoms with Crippen LogP contribution in [0.1, 0.15) is 0 Å². The molecule has 2 aromatic heterocycles. The Morgan fingerprint density at radius 1 is 1.14 bits per heavy atom. The van der Waals surface area contributed by atoms with E-state index >= 15 is 0 Å². The number of thiophene rings is 1. The summed E-state index contributed by atoms with van der Waals surface area (Å²) in [5.41, 5.74) is 2.44. The van der Waals surface area contributed by atoms with Gasteiger partial charge in [0.05, 0.1) is 16.2 Å². The third-order valence-corrected chi connectivity index (χ3v) is 6.45. The summed E-state index contributed by atoms with van der Waals surface area (Å²) in [5, 5.41) is 6.97. The van der Waals surface area contributed by atoms with Crippen molar-refractivity contribution >= 4 is 68.1 Å². The predicted molar refractivity (Wildman–Crippen MR) is 119 cm³/mol. The van der Waals surface area contributed by atoms with E-state index in [4.69, 9.17) is 23.2 Å². The molecular formula is C20H12Cl2FN3OS2. The van der Waals surface area contributed by atoms with Crippen LogP contribution in [0.2, 0.25) is 10.0 Å². The molecule has 0 spiro atoms. The van der Waals surface area contributed by atoms with Crippen molar-refractivity contribution in [2.45, 2.75) is 5.03 Å². The van der Waals surface area contributed by atoms with Crippen molar-refractivity contribution in [1.82, 2.24) is 9.97 Å². The number of hydrogen-bond donors (Lipinski definition) is 1. The molecule has 0 atom stereocenters. The summed E-state index contributed by atoms with van der Waals surface area (Å²) in [5.74, 6) is -0.640. The second-order valence-electron chi connectivity index (χ2n) is 5.98. The number of anilines is 1. The van der Waals surface area contributed by atoms with Crippen molar-refractivity contribution in [2.75, 3.05) is 11.1 Å². The summed E-state index contributed by atoms with van der Waals surface area (Å²) in [6, 6.07) is 11.6. The molecule has 4 rings (SSSR count). The van der Waals surface area contributed by atoms with Crippen LogP contribution in [0.5, 0.6) is 0 Å². The Bertz CT molecular complexity index is 1200. The molecule has 2 aromatic carbocycles. The van der Waals surface area contributed by atoms with E-state index < -0.39 is 5.82 Å². The number of amides is 1. The van der Waals surface area contributed by atoms with Gasteiger partial charge in [-0.2, -0.15) is 0 Å². The van der Waals surface area contributed by atoms with Gasteiger partial charge >= 0.3 is 0 Å². The zero-order valence-electron chi connectivity index (χ0n) is 14.7. The molecule has 4 nitrogen and oxygen atoms in total. The summed E-state index contributed by atoms with van der Waals surface area (Å²) >= 11 is 14.6. The van der Waals surface area contributed by atoms with Gasteiger partial charge in [-0.15, -0.1) is 11.3 Å². The third kappa shape index (κ3) is 4.53. The lowest BCUT2D eigenvalue weighted by atomic mass is 10.1. The van der Waals surface area contributed by atoms with Crippen LogP contribution in [-0.4, -0.2) is 21.6 Å². The standard InChI is InChI=1S/C20H12Cl2FN3OS2/c21-12-3-1-11(2-4-12)14-8-28-19-18(14)20(25-10-24-19)29-9-17(27)26-13-5-6-16(23)15(22)7-13/h1-8,10H,9H2,(H,26,27). The molecule has 1 N–H and O–H groups in total. The zero-order chi connectivity index (χ0) is 20.4. The van der Waals surface area contributed by atoms with Gasteiger partial charge in [-0.3, -0.25) is 4.79 Å². The molecule has 29 heavy (non-hydrogen) atoms. The average Bonchev–Trinajstić information content (AvgIpc) is 3.15. The first-order valence-corrected chi connectivity index (χ1v) is 11.0. The minimum absolute atomic E-state index is 0.0427. The highest BCUT2D eigenvalue weighted by Crippen LogP contribution is 2.38. The van der Waals surface area contributed by atoms with Gasteiger partial charge in [-0.1, -0.05) is 47.1 Å². The zero-order valence-corrected chi connectivity index (χ0v) is 17.8. The molecule has 0 saturated heterocycles. The minimum atomic E-state index is -0.533. The molecule has 0 aliphatic carbocycles. The van der Waals surface area contributed by atoms with Crippen molar-refractivity contribution in [3.63, 3.8) is 0 Å². The van der Waals surface area contributed by atoms with Gasteiger partial charge in [0, 0.05) is 21.7 Å². The molecule has 0 aliphatic rings. The summed E-state index contributed by atoms with van der Waals surface area (Å²) in [6.45, 7) is 0. The lowest BCUT2D eigenvalue weighted by Crippen LogP contribution is -2.14. The largest absolute Gasteiger partial charge is 0.325 e. The minimum Gasteiger partial charge on any atom is -0.325 e. The quantitative estimate of drug-likeness (QED) is 0.269. The number of hydrogen-bond acceptors (Lipinski definition) is 5. The lowest BCUT2D eigenvalue weighted by molar-refractivity contribution is -0.113. The molecule has 9 heteroatoms. The number of rotatable bonds is 5. The molecule has 1 amide bonds. The number of thioether (sulfide) groups is 1. The van der Waals surface area contributed by atoms with Gasteiger partial charge in [0.15, 0.2) is 0 Å². The summed E-state index contributed by atoms with van der Waals surface area (Å²) in [4.78, 5) is 21.9. The maximum atomic E-state index is 13.3. The van der Waals surface area contributed by atoms with Crippen LogP contribution in [0.25, 0.3) is 21.3 Å². The summed E-state index contributed by atoms with van der Waals surface area (Å²) in [6.07, 6.45) is 1.49. The Labute approximate surface area is 184 Å². The highest BCUT2D eigenvalue weighted by atomic mass is 35.5. The number of carbonyl (C=O) groups excluding carboxylic acids is 1. The molecule has 0 fully saturated rings. The Kier molecular flexibility index (Phi) is 6.01. The first-order valence-electron chi connectivity index (χ1n) is 8.37. The fourth-order valence-corrected chi connectivity index (χ4v) is 4.80. The lowest BCUT2D eigenvalue weighted by Gasteiger charge is -2.07. The van der Waals surface area contributed by atoms with Gasteiger partial charge in [0.1, 0.15) is 22.0 Å². The number of benzene rings is 2. The predicted octanol–water partition coefficient (Wildman–Crippen LogP) is 6.54. The molecule has 146 valence electrons. The second kappa shape index (κ2) is 8.67. The first kappa shape index (κ1) is 20.1. The van der Waals surface area contributed by atoms with E-state index in [2.05, 4.69) is 15.3 Å². The number of fused-ring (bicyclic) bond motifs is 1. The molecule has 0 bridgehead atoms. The van der Waals surface area contributed by atoms with Gasteiger partial charge in [0.25, 0.3) is 0 Å². The highest BCUT2D eigenvalue weighted by molar-refractivity contribution is 8.00. The Hall–Kier alpha value is -2.19. The summed E-state index contributed by atoms with van der Waals surface area (Å²) in [7, 11) is 0. The van der Waals surface area contributed by atoms with Crippen LogP contribution in [0.4, 0.5) is 10.1 Å². The topological polar surface area (TPSA) is 54.9 Å². The van der Waals surface area contributed by atoms with Crippen molar-refractivity contribution in [2.24, 2.45) is 0 Å². The van der Waals surface area contributed by atoms with Crippen LogP contribution in [0.3, 0.4) is 0 Å². The Morgan fingerprint density at radius 3 is 2.69 bits per heavy atom. The maximum absolute atomic E-state index is 13.3. The molecule has 4 aromatic rings. The Balaban J connectivity index is 1.54. The van der Waals surface area contributed by atoms with E-state index in [0.29, 0.717) is 15.7 Å². The number of aromatic nitrogens is 2. The molecular weight excluding hydrogens is 452 g/mol.